The van der Waals surface area contributed by atoms with Crippen molar-refractivity contribution >= 4 is 21.5 Å². The Labute approximate surface area is 154 Å². The van der Waals surface area contributed by atoms with Crippen LogP contribution in [0, 0.1) is 0 Å². The van der Waals surface area contributed by atoms with Gasteiger partial charge in [-0.1, -0.05) is 24.3 Å². The van der Waals surface area contributed by atoms with Crippen LogP contribution < -0.4 is 9.64 Å². The number of benzene rings is 2. The van der Waals surface area contributed by atoms with E-state index in [2.05, 4.69) is 4.90 Å². The first-order valence-electron chi connectivity index (χ1n) is 8.42. The number of carbonyl (C=O) groups excluding carboxylic acids is 1. The highest BCUT2D eigenvalue weighted by Crippen LogP contribution is 2.29. The summed E-state index contributed by atoms with van der Waals surface area (Å²) in [5.74, 6) is 0.626. The van der Waals surface area contributed by atoms with Gasteiger partial charge in [-0.05, 0) is 31.2 Å². The fourth-order valence-corrected chi connectivity index (χ4v) is 4.55. The van der Waals surface area contributed by atoms with Crippen LogP contribution in [-0.2, 0) is 10.0 Å². The van der Waals surface area contributed by atoms with Gasteiger partial charge in [-0.2, -0.15) is 4.31 Å². The molecule has 6 nitrogen and oxygen atoms in total. The number of sulfonamides is 1. The maximum atomic E-state index is 12.9. The van der Waals surface area contributed by atoms with E-state index in [1.54, 1.807) is 19.2 Å². The molecule has 1 aliphatic rings. The van der Waals surface area contributed by atoms with Crippen molar-refractivity contribution in [2.45, 2.75) is 11.8 Å². The van der Waals surface area contributed by atoms with Crippen molar-refractivity contribution in [2.24, 2.45) is 0 Å². The first kappa shape index (κ1) is 18.4. The summed E-state index contributed by atoms with van der Waals surface area (Å²) >= 11 is 0. The van der Waals surface area contributed by atoms with Gasteiger partial charge in [-0.3, -0.25) is 4.79 Å². The molecule has 2 aromatic carbocycles. The van der Waals surface area contributed by atoms with E-state index >= 15 is 0 Å². The average molecular weight is 374 g/mol. The zero-order valence-electron chi connectivity index (χ0n) is 14.9. The lowest BCUT2D eigenvalue weighted by molar-refractivity contribution is 0.101. The molecule has 0 bridgehead atoms. The lowest BCUT2D eigenvalue weighted by Gasteiger charge is -2.36. The van der Waals surface area contributed by atoms with Crippen LogP contribution in [0.4, 0.5) is 5.69 Å². The summed E-state index contributed by atoms with van der Waals surface area (Å²) < 4.78 is 32.7. The zero-order valence-corrected chi connectivity index (χ0v) is 15.7. The van der Waals surface area contributed by atoms with Crippen molar-refractivity contribution in [1.82, 2.24) is 4.31 Å². The van der Waals surface area contributed by atoms with Crippen molar-refractivity contribution in [1.29, 1.82) is 0 Å². The Morgan fingerprint density at radius 3 is 2.35 bits per heavy atom. The minimum Gasteiger partial charge on any atom is -0.495 e. The van der Waals surface area contributed by atoms with Gasteiger partial charge in [-0.15, -0.1) is 0 Å². The maximum absolute atomic E-state index is 12.9. The number of hydrogen-bond donors (Lipinski definition) is 0. The Hall–Kier alpha value is -2.38. The Bertz CT molecular complexity index is 903. The molecule has 1 fully saturated rings. The molecule has 0 aromatic heterocycles. The lowest BCUT2D eigenvalue weighted by atomic mass is 10.2. The number of hydrogen-bond acceptors (Lipinski definition) is 5. The van der Waals surface area contributed by atoms with Gasteiger partial charge in [-0.25, -0.2) is 8.42 Å². The van der Waals surface area contributed by atoms with Crippen LogP contribution in [0.25, 0.3) is 0 Å². The number of piperazine rings is 1. The second-order valence-corrected chi connectivity index (χ2v) is 8.08. The molecule has 1 heterocycles. The minimum atomic E-state index is -3.62. The van der Waals surface area contributed by atoms with Crippen molar-refractivity contribution in [3.05, 3.63) is 54.1 Å². The highest BCUT2D eigenvalue weighted by Gasteiger charge is 2.29. The first-order chi connectivity index (χ1) is 12.4. The van der Waals surface area contributed by atoms with Gasteiger partial charge >= 0.3 is 0 Å². The molecule has 138 valence electrons. The maximum Gasteiger partial charge on any atom is 0.243 e. The Balaban J connectivity index is 1.77. The lowest BCUT2D eigenvalue weighted by Crippen LogP contribution is -2.48. The summed E-state index contributed by atoms with van der Waals surface area (Å²) in [4.78, 5) is 13.8. The molecular formula is C19H22N2O4S. The first-order valence-corrected chi connectivity index (χ1v) is 9.86. The van der Waals surface area contributed by atoms with Gasteiger partial charge in [0, 0.05) is 31.7 Å². The van der Waals surface area contributed by atoms with E-state index in [4.69, 9.17) is 4.74 Å². The molecule has 3 rings (SSSR count). The third kappa shape index (κ3) is 3.59. The molecule has 1 saturated heterocycles. The molecule has 0 amide bonds. The second-order valence-electron chi connectivity index (χ2n) is 6.15. The molecule has 0 unspecified atom stereocenters. The molecule has 1 aliphatic heterocycles. The van der Waals surface area contributed by atoms with Gasteiger partial charge in [0.1, 0.15) is 5.75 Å². The van der Waals surface area contributed by atoms with Crippen molar-refractivity contribution in [3.8, 4) is 5.75 Å². The fourth-order valence-electron chi connectivity index (χ4n) is 3.08. The van der Waals surface area contributed by atoms with Gasteiger partial charge < -0.3 is 9.64 Å². The van der Waals surface area contributed by atoms with Crippen LogP contribution in [0.5, 0.6) is 5.75 Å². The number of nitrogens with zero attached hydrogens (tertiary/aromatic N) is 2. The fraction of sp³-hybridized carbons (Fsp3) is 0.316. The van der Waals surface area contributed by atoms with Crippen molar-refractivity contribution < 1.29 is 17.9 Å². The summed E-state index contributed by atoms with van der Waals surface area (Å²) in [6.45, 7) is 3.34. The second kappa shape index (κ2) is 7.47. The van der Waals surface area contributed by atoms with Crippen LogP contribution in [0.15, 0.2) is 53.4 Å². The summed E-state index contributed by atoms with van der Waals surface area (Å²) in [6, 6.07) is 13.9. The third-order valence-electron chi connectivity index (χ3n) is 4.54. The number of anilines is 1. The highest BCUT2D eigenvalue weighted by atomic mass is 32.2. The number of methoxy groups -OCH3 is 1. The number of rotatable bonds is 5. The molecule has 0 spiro atoms. The molecular weight excluding hydrogens is 352 g/mol. The molecule has 0 atom stereocenters. The van der Waals surface area contributed by atoms with E-state index in [1.807, 2.05) is 24.3 Å². The summed E-state index contributed by atoms with van der Waals surface area (Å²) in [5, 5.41) is 0. The van der Waals surface area contributed by atoms with Crippen LogP contribution in [0.2, 0.25) is 0 Å². The topological polar surface area (TPSA) is 66.9 Å². The van der Waals surface area contributed by atoms with E-state index in [0.29, 0.717) is 31.7 Å². The normalized spacial score (nSPS) is 15.7. The van der Waals surface area contributed by atoms with Crippen LogP contribution in [0.3, 0.4) is 0 Å². The Kier molecular flexibility index (Phi) is 5.29. The van der Waals surface area contributed by atoms with Crippen LogP contribution in [0.1, 0.15) is 17.3 Å². The highest BCUT2D eigenvalue weighted by molar-refractivity contribution is 7.89. The molecule has 2 aromatic rings. The molecule has 0 N–H and O–H groups in total. The van der Waals surface area contributed by atoms with E-state index in [9.17, 15) is 13.2 Å². The van der Waals surface area contributed by atoms with Crippen LogP contribution >= 0.6 is 0 Å². The smallest absolute Gasteiger partial charge is 0.243 e. The summed E-state index contributed by atoms with van der Waals surface area (Å²) in [6.07, 6.45) is 0. The Morgan fingerprint density at radius 1 is 1.00 bits per heavy atom. The molecule has 0 saturated carbocycles. The number of ketones is 1. The monoisotopic (exact) mass is 374 g/mol. The van der Waals surface area contributed by atoms with Gasteiger partial charge in [0.05, 0.1) is 17.7 Å². The quantitative estimate of drug-likeness (QED) is 0.752. The summed E-state index contributed by atoms with van der Waals surface area (Å²) in [5.41, 5.74) is 1.37. The van der Waals surface area contributed by atoms with E-state index in [1.165, 1.54) is 23.4 Å². The number of para-hydroxylation sites is 2. The van der Waals surface area contributed by atoms with Crippen molar-refractivity contribution in [2.75, 3.05) is 38.2 Å². The standard InChI is InChI=1S/C19H22N2O4S/c1-15(22)16-6-5-7-17(14-16)26(23,24)21-12-10-20(11-13-21)18-8-3-4-9-19(18)25-2/h3-9,14H,10-13H2,1-2H3. The molecule has 7 heteroatoms. The molecule has 0 radical (unpaired) electrons. The SMILES string of the molecule is COc1ccccc1N1CCN(S(=O)(=O)c2cccc(C(C)=O)c2)CC1. The molecule has 0 aliphatic carbocycles. The number of ether oxygens (including phenoxy) is 1. The largest absolute Gasteiger partial charge is 0.495 e. The van der Waals surface area contributed by atoms with Crippen molar-refractivity contribution in [3.63, 3.8) is 0 Å². The average Bonchev–Trinajstić information content (AvgIpc) is 2.68. The Morgan fingerprint density at radius 2 is 1.69 bits per heavy atom. The van der Waals surface area contributed by atoms with Crippen LogP contribution in [-0.4, -0.2) is 51.8 Å². The van der Waals surface area contributed by atoms with Gasteiger partial charge in [0.15, 0.2) is 5.78 Å². The minimum absolute atomic E-state index is 0.150. The predicted molar refractivity (Wildman–Crippen MR) is 100 cm³/mol. The van der Waals surface area contributed by atoms with Gasteiger partial charge in [0.25, 0.3) is 0 Å². The van der Waals surface area contributed by atoms with E-state index < -0.39 is 10.0 Å². The summed E-state index contributed by atoms with van der Waals surface area (Å²) in [7, 11) is -1.99. The number of carbonyl (C=O) groups is 1. The van der Waals surface area contributed by atoms with E-state index in [0.717, 1.165) is 11.4 Å². The third-order valence-corrected chi connectivity index (χ3v) is 6.44. The number of Topliss-reactive ketones (excluding diaryl/α,β-unsaturated/α-hetero) is 1. The van der Waals surface area contributed by atoms with E-state index in [-0.39, 0.29) is 10.7 Å². The zero-order chi connectivity index (χ0) is 18.7. The molecule has 26 heavy (non-hydrogen) atoms. The van der Waals surface area contributed by atoms with Gasteiger partial charge in [0.2, 0.25) is 10.0 Å². The predicted octanol–water partition coefficient (Wildman–Crippen LogP) is 2.41.